The average Bonchev–Trinajstić information content (AvgIpc) is 2.43. The van der Waals surface area contributed by atoms with Crippen LogP contribution in [0.15, 0.2) is 42.5 Å². The standard InChI is InChI=1S/C17H19F2N/c1-3-20-16(13-7-4-6-12(2)10-13)11-14-8-5-9-15(18)17(14)19/h4-10,16,20H,3,11H2,1-2H3. The summed E-state index contributed by atoms with van der Waals surface area (Å²) in [6, 6.07) is 12.4. The highest BCUT2D eigenvalue weighted by Crippen LogP contribution is 2.22. The van der Waals surface area contributed by atoms with Crippen molar-refractivity contribution in [2.24, 2.45) is 0 Å². The highest BCUT2D eigenvalue weighted by molar-refractivity contribution is 5.28. The Morgan fingerprint density at radius 3 is 2.55 bits per heavy atom. The molecule has 1 atom stereocenters. The molecule has 0 fully saturated rings. The normalized spacial score (nSPS) is 12.4. The first-order valence-electron chi connectivity index (χ1n) is 6.84. The minimum atomic E-state index is -0.790. The van der Waals surface area contributed by atoms with E-state index in [-0.39, 0.29) is 6.04 Å². The van der Waals surface area contributed by atoms with Gasteiger partial charge in [-0.05, 0) is 37.1 Å². The maximum Gasteiger partial charge on any atom is 0.162 e. The molecule has 0 radical (unpaired) electrons. The molecule has 0 spiro atoms. The lowest BCUT2D eigenvalue weighted by Crippen LogP contribution is -2.23. The molecule has 0 bridgehead atoms. The molecular weight excluding hydrogens is 256 g/mol. The van der Waals surface area contributed by atoms with Gasteiger partial charge in [0.1, 0.15) is 0 Å². The number of nitrogens with one attached hydrogen (secondary N) is 1. The average molecular weight is 275 g/mol. The van der Waals surface area contributed by atoms with Crippen LogP contribution in [-0.2, 0) is 6.42 Å². The molecule has 106 valence electrons. The van der Waals surface area contributed by atoms with Gasteiger partial charge in [0, 0.05) is 6.04 Å². The molecule has 0 aliphatic heterocycles. The molecule has 0 saturated heterocycles. The van der Waals surface area contributed by atoms with Crippen LogP contribution in [-0.4, -0.2) is 6.54 Å². The SMILES string of the molecule is CCNC(Cc1cccc(F)c1F)c1cccc(C)c1. The van der Waals surface area contributed by atoms with E-state index in [2.05, 4.69) is 11.4 Å². The van der Waals surface area contributed by atoms with Crippen molar-refractivity contribution in [2.75, 3.05) is 6.54 Å². The smallest absolute Gasteiger partial charge is 0.162 e. The molecule has 0 aliphatic rings. The van der Waals surface area contributed by atoms with Crippen LogP contribution in [0.4, 0.5) is 8.78 Å². The van der Waals surface area contributed by atoms with E-state index < -0.39 is 11.6 Å². The first kappa shape index (κ1) is 14.7. The van der Waals surface area contributed by atoms with Gasteiger partial charge in [0.15, 0.2) is 11.6 Å². The second kappa shape index (κ2) is 6.62. The summed E-state index contributed by atoms with van der Waals surface area (Å²) in [5.74, 6) is -1.54. The number of hydrogen-bond donors (Lipinski definition) is 1. The van der Waals surface area contributed by atoms with Gasteiger partial charge < -0.3 is 5.32 Å². The predicted molar refractivity (Wildman–Crippen MR) is 77.7 cm³/mol. The van der Waals surface area contributed by atoms with E-state index in [4.69, 9.17) is 0 Å². The Kier molecular flexibility index (Phi) is 4.85. The molecule has 0 heterocycles. The molecule has 2 aromatic carbocycles. The fourth-order valence-electron chi connectivity index (χ4n) is 2.37. The van der Waals surface area contributed by atoms with Crippen molar-refractivity contribution in [2.45, 2.75) is 26.3 Å². The van der Waals surface area contributed by atoms with E-state index in [1.54, 1.807) is 12.1 Å². The van der Waals surface area contributed by atoms with Crippen LogP contribution in [0.1, 0.15) is 29.7 Å². The van der Waals surface area contributed by atoms with Gasteiger partial charge in [0.25, 0.3) is 0 Å². The summed E-state index contributed by atoms with van der Waals surface area (Å²) in [6.07, 6.45) is 0.431. The summed E-state index contributed by atoms with van der Waals surface area (Å²) >= 11 is 0. The van der Waals surface area contributed by atoms with Crippen LogP contribution in [0, 0.1) is 18.6 Å². The molecule has 0 aromatic heterocycles. The molecule has 0 saturated carbocycles. The highest BCUT2D eigenvalue weighted by atomic mass is 19.2. The maximum atomic E-state index is 13.8. The fourth-order valence-corrected chi connectivity index (χ4v) is 2.37. The quantitative estimate of drug-likeness (QED) is 0.863. The number of hydrogen-bond acceptors (Lipinski definition) is 1. The van der Waals surface area contributed by atoms with E-state index in [1.165, 1.54) is 0 Å². The third kappa shape index (κ3) is 3.42. The van der Waals surface area contributed by atoms with Crippen molar-refractivity contribution in [1.82, 2.24) is 5.32 Å². The van der Waals surface area contributed by atoms with Crippen molar-refractivity contribution in [3.63, 3.8) is 0 Å². The van der Waals surface area contributed by atoms with Gasteiger partial charge in [-0.3, -0.25) is 0 Å². The predicted octanol–water partition coefficient (Wildman–Crippen LogP) is 4.17. The van der Waals surface area contributed by atoms with Gasteiger partial charge in [-0.15, -0.1) is 0 Å². The molecule has 2 rings (SSSR count). The van der Waals surface area contributed by atoms with E-state index in [9.17, 15) is 8.78 Å². The summed E-state index contributed by atoms with van der Waals surface area (Å²) in [5, 5.41) is 3.33. The monoisotopic (exact) mass is 275 g/mol. The first-order chi connectivity index (χ1) is 9.61. The van der Waals surface area contributed by atoms with Gasteiger partial charge in [-0.25, -0.2) is 8.78 Å². The van der Waals surface area contributed by atoms with Crippen molar-refractivity contribution in [3.8, 4) is 0 Å². The fraction of sp³-hybridized carbons (Fsp3) is 0.294. The molecule has 0 amide bonds. The molecular formula is C17H19F2N. The van der Waals surface area contributed by atoms with Crippen molar-refractivity contribution >= 4 is 0 Å². The summed E-state index contributed by atoms with van der Waals surface area (Å²) in [6.45, 7) is 4.80. The van der Waals surface area contributed by atoms with E-state index in [0.29, 0.717) is 12.0 Å². The molecule has 0 aliphatic carbocycles. The van der Waals surface area contributed by atoms with Crippen LogP contribution in [0.3, 0.4) is 0 Å². The molecule has 1 unspecified atom stereocenters. The molecule has 3 heteroatoms. The Morgan fingerprint density at radius 2 is 1.85 bits per heavy atom. The summed E-state index contributed by atoms with van der Waals surface area (Å²) < 4.78 is 27.1. The Bertz CT molecular complexity index is 581. The van der Waals surface area contributed by atoms with Gasteiger partial charge in [-0.1, -0.05) is 48.9 Å². The minimum Gasteiger partial charge on any atom is -0.310 e. The summed E-state index contributed by atoms with van der Waals surface area (Å²) in [7, 11) is 0. The van der Waals surface area contributed by atoms with Crippen molar-refractivity contribution < 1.29 is 8.78 Å². The summed E-state index contributed by atoms with van der Waals surface area (Å²) in [5.41, 5.74) is 2.65. The van der Waals surface area contributed by atoms with Crippen LogP contribution in [0.25, 0.3) is 0 Å². The number of likely N-dealkylation sites (N-methyl/N-ethyl adjacent to an activating group) is 1. The van der Waals surface area contributed by atoms with Crippen LogP contribution in [0.2, 0.25) is 0 Å². The van der Waals surface area contributed by atoms with Crippen LogP contribution >= 0.6 is 0 Å². The lowest BCUT2D eigenvalue weighted by atomic mass is 9.97. The van der Waals surface area contributed by atoms with E-state index in [1.807, 2.05) is 32.0 Å². The van der Waals surface area contributed by atoms with E-state index >= 15 is 0 Å². The highest BCUT2D eigenvalue weighted by Gasteiger charge is 2.15. The Hall–Kier alpha value is -1.74. The zero-order chi connectivity index (χ0) is 14.5. The number of rotatable bonds is 5. The zero-order valence-electron chi connectivity index (χ0n) is 11.8. The third-order valence-corrected chi connectivity index (χ3v) is 3.35. The lowest BCUT2D eigenvalue weighted by Gasteiger charge is -2.19. The second-order valence-corrected chi connectivity index (χ2v) is 4.94. The van der Waals surface area contributed by atoms with Gasteiger partial charge in [-0.2, -0.15) is 0 Å². The molecule has 20 heavy (non-hydrogen) atoms. The van der Waals surface area contributed by atoms with Gasteiger partial charge in [0.2, 0.25) is 0 Å². The van der Waals surface area contributed by atoms with Crippen molar-refractivity contribution in [1.29, 1.82) is 0 Å². The number of benzene rings is 2. The largest absolute Gasteiger partial charge is 0.310 e. The van der Waals surface area contributed by atoms with Gasteiger partial charge in [0.05, 0.1) is 0 Å². The van der Waals surface area contributed by atoms with Crippen LogP contribution < -0.4 is 5.32 Å². The molecule has 1 N–H and O–H groups in total. The molecule has 1 nitrogen and oxygen atoms in total. The summed E-state index contributed by atoms with van der Waals surface area (Å²) in [4.78, 5) is 0. The molecule has 2 aromatic rings. The van der Waals surface area contributed by atoms with E-state index in [0.717, 1.165) is 23.7 Å². The Labute approximate surface area is 118 Å². The minimum absolute atomic E-state index is 0.0174. The third-order valence-electron chi connectivity index (χ3n) is 3.35. The van der Waals surface area contributed by atoms with Crippen molar-refractivity contribution in [3.05, 3.63) is 70.8 Å². The number of halogens is 2. The zero-order valence-corrected chi connectivity index (χ0v) is 11.8. The maximum absolute atomic E-state index is 13.8. The Morgan fingerprint density at radius 1 is 1.10 bits per heavy atom. The Balaban J connectivity index is 2.28. The first-order valence-corrected chi connectivity index (χ1v) is 6.84. The number of aryl methyl sites for hydroxylation is 1. The van der Waals surface area contributed by atoms with Gasteiger partial charge >= 0.3 is 0 Å². The van der Waals surface area contributed by atoms with Crippen LogP contribution in [0.5, 0.6) is 0 Å². The lowest BCUT2D eigenvalue weighted by molar-refractivity contribution is 0.481. The topological polar surface area (TPSA) is 12.0 Å². The second-order valence-electron chi connectivity index (χ2n) is 4.94.